The van der Waals surface area contributed by atoms with Gasteiger partial charge in [0.25, 0.3) is 11.5 Å². The number of hydrogen-bond acceptors (Lipinski definition) is 3. The van der Waals surface area contributed by atoms with Gasteiger partial charge in [-0.25, -0.2) is 4.68 Å². The van der Waals surface area contributed by atoms with Crippen LogP contribution in [0.15, 0.2) is 83.7 Å². The van der Waals surface area contributed by atoms with Crippen molar-refractivity contribution in [3.05, 3.63) is 112 Å². The van der Waals surface area contributed by atoms with E-state index >= 15 is 0 Å². The second kappa shape index (κ2) is 8.76. The molecule has 2 bridgehead atoms. The maximum absolute atomic E-state index is 13.5. The van der Waals surface area contributed by atoms with Crippen LogP contribution in [0, 0.1) is 24.7 Å². The standard InChI is InChI=1S/C32H32N4O2/c1-19-29(32(38)36(35(19)2)24-11-7-4-8-12-24)34-31(37)23-15-16-26-25(18-23)27-21-13-14-22(17-21)28(27)30(33-26)20-9-5-3-6-10-20/h3-12,15-16,18,21-22,27-28,30,33H,13-14,17H2,1-2H3,(H,34,37)/t21-,22+,27+,28+,30-/m1/s1. The normalized spacial score (nSPS) is 24.9. The van der Waals surface area contributed by atoms with E-state index in [-0.39, 0.29) is 11.5 Å². The number of para-hydroxylation sites is 1. The number of carbonyl (C=O) groups is 1. The fourth-order valence-electron chi connectivity index (χ4n) is 7.52. The number of rotatable bonds is 4. The molecule has 1 aromatic heterocycles. The molecule has 2 N–H and O–H groups in total. The van der Waals surface area contributed by atoms with Crippen molar-refractivity contribution in [2.24, 2.45) is 24.8 Å². The summed E-state index contributed by atoms with van der Waals surface area (Å²) in [5, 5.41) is 6.79. The maximum Gasteiger partial charge on any atom is 0.295 e. The summed E-state index contributed by atoms with van der Waals surface area (Å²) >= 11 is 0. The van der Waals surface area contributed by atoms with Crippen LogP contribution in [0.4, 0.5) is 11.4 Å². The van der Waals surface area contributed by atoms with Gasteiger partial charge in [0.1, 0.15) is 5.69 Å². The molecular formula is C32H32N4O2. The van der Waals surface area contributed by atoms with Gasteiger partial charge in [0.05, 0.1) is 17.4 Å². The monoisotopic (exact) mass is 504 g/mol. The topological polar surface area (TPSA) is 68.1 Å². The van der Waals surface area contributed by atoms with Crippen LogP contribution < -0.4 is 16.2 Å². The van der Waals surface area contributed by atoms with E-state index < -0.39 is 0 Å². The molecule has 6 heteroatoms. The molecule has 3 aromatic carbocycles. The first-order valence-electron chi connectivity index (χ1n) is 13.6. The van der Waals surface area contributed by atoms with Crippen molar-refractivity contribution >= 4 is 17.3 Å². The number of anilines is 2. The van der Waals surface area contributed by atoms with Crippen LogP contribution in [-0.2, 0) is 7.05 Å². The molecule has 0 unspecified atom stereocenters. The largest absolute Gasteiger partial charge is 0.378 e. The predicted molar refractivity (Wildman–Crippen MR) is 150 cm³/mol. The number of carbonyl (C=O) groups excluding carboxylic acids is 1. The molecule has 1 amide bonds. The van der Waals surface area contributed by atoms with E-state index in [4.69, 9.17) is 0 Å². The molecule has 2 aliphatic carbocycles. The number of hydrogen-bond donors (Lipinski definition) is 2. The molecule has 4 aromatic rings. The van der Waals surface area contributed by atoms with Gasteiger partial charge in [0.2, 0.25) is 0 Å². The molecule has 7 rings (SSSR count). The highest BCUT2D eigenvalue weighted by Gasteiger charge is 2.53. The molecule has 192 valence electrons. The van der Waals surface area contributed by atoms with Gasteiger partial charge in [-0.05, 0) is 91.3 Å². The third-order valence-electron chi connectivity index (χ3n) is 9.30. The maximum atomic E-state index is 13.5. The first-order chi connectivity index (χ1) is 18.5. The minimum Gasteiger partial charge on any atom is -0.378 e. The Morgan fingerprint density at radius 1 is 0.947 bits per heavy atom. The van der Waals surface area contributed by atoms with Crippen molar-refractivity contribution in [1.29, 1.82) is 0 Å². The molecule has 2 fully saturated rings. The minimum absolute atomic E-state index is 0.233. The number of nitrogens with zero attached hydrogens (tertiary/aromatic N) is 2. The molecule has 0 spiro atoms. The Kier molecular flexibility index (Phi) is 5.32. The summed E-state index contributed by atoms with van der Waals surface area (Å²) < 4.78 is 3.37. The summed E-state index contributed by atoms with van der Waals surface area (Å²) in [6.45, 7) is 1.86. The van der Waals surface area contributed by atoms with Crippen molar-refractivity contribution in [3.8, 4) is 5.69 Å². The quantitative estimate of drug-likeness (QED) is 0.356. The summed E-state index contributed by atoms with van der Waals surface area (Å²) in [7, 11) is 1.84. The fourth-order valence-corrected chi connectivity index (χ4v) is 7.52. The Morgan fingerprint density at radius 2 is 1.66 bits per heavy atom. The Hall–Kier alpha value is -4.06. The fraction of sp³-hybridized carbons (Fsp3) is 0.312. The van der Waals surface area contributed by atoms with Gasteiger partial charge >= 0.3 is 0 Å². The zero-order chi connectivity index (χ0) is 26.0. The second-order valence-corrected chi connectivity index (χ2v) is 11.2. The molecule has 3 aliphatic rings. The molecule has 38 heavy (non-hydrogen) atoms. The van der Waals surface area contributed by atoms with Gasteiger partial charge in [-0.3, -0.25) is 14.3 Å². The summed E-state index contributed by atoms with van der Waals surface area (Å²) in [5.41, 5.74) is 5.89. The van der Waals surface area contributed by atoms with Crippen LogP contribution in [0.2, 0.25) is 0 Å². The summed E-state index contributed by atoms with van der Waals surface area (Å²) in [5.74, 6) is 2.14. The van der Waals surface area contributed by atoms with Gasteiger partial charge in [0, 0.05) is 18.3 Å². The summed E-state index contributed by atoms with van der Waals surface area (Å²) in [6, 6.07) is 26.6. The third-order valence-corrected chi connectivity index (χ3v) is 9.30. The number of amides is 1. The van der Waals surface area contributed by atoms with E-state index in [0.29, 0.717) is 40.7 Å². The van der Waals surface area contributed by atoms with E-state index in [0.717, 1.165) is 17.3 Å². The molecule has 5 atom stereocenters. The molecule has 0 saturated heterocycles. The van der Waals surface area contributed by atoms with Crippen LogP contribution in [0.1, 0.15) is 58.4 Å². The summed E-state index contributed by atoms with van der Waals surface area (Å²) in [4.78, 5) is 26.8. The molecule has 2 heterocycles. The van der Waals surface area contributed by atoms with Crippen molar-refractivity contribution in [3.63, 3.8) is 0 Å². The van der Waals surface area contributed by atoms with Crippen LogP contribution >= 0.6 is 0 Å². The Bertz CT molecular complexity index is 1590. The lowest BCUT2D eigenvalue weighted by molar-refractivity contribution is 0.102. The average molecular weight is 505 g/mol. The van der Waals surface area contributed by atoms with Gasteiger partial charge in [-0.1, -0.05) is 48.5 Å². The van der Waals surface area contributed by atoms with Gasteiger partial charge < -0.3 is 10.6 Å². The predicted octanol–water partition coefficient (Wildman–Crippen LogP) is 6.03. The molecule has 0 radical (unpaired) electrons. The van der Waals surface area contributed by atoms with Crippen LogP contribution in [0.5, 0.6) is 0 Å². The Morgan fingerprint density at radius 3 is 2.42 bits per heavy atom. The third kappa shape index (κ3) is 3.46. The average Bonchev–Trinajstić information content (AvgIpc) is 3.63. The molecule has 1 aliphatic heterocycles. The second-order valence-electron chi connectivity index (χ2n) is 11.2. The van der Waals surface area contributed by atoms with Gasteiger partial charge in [0.15, 0.2) is 0 Å². The van der Waals surface area contributed by atoms with E-state index in [9.17, 15) is 9.59 Å². The lowest BCUT2D eigenvalue weighted by Crippen LogP contribution is -2.35. The van der Waals surface area contributed by atoms with Gasteiger partial charge in [-0.2, -0.15) is 0 Å². The highest BCUT2D eigenvalue weighted by atomic mass is 16.2. The molecule has 6 nitrogen and oxygen atoms in total. The number of benzene rings is 3. The first-order valence-corrected chi connectivity index (χ1v) is 13.6. The van der Waals surface area contributed by atoms with Crippen molar-refractivity contribution in [2.75, 3.05) is 10.6 Å². The number of fused-ring (bicyclic) bond motifs is 7. The smallest absolute Gasteiger partial charge is 0.295 e. The Balaban J connectivity index is 1.22. The lowest BCUT2D eigenvalue weighted by atomic mass is 9.68. The summed E-state index contributed by atoms with van der Waals surface area (Å²) in [6.07, 6.45) is 3.84. The Labute approximate surface area is 222 Å². The van der Waals surface area contributed by atoms with Crippen molar-refractivity contribution < 1.29 is 4.79 Å². The van der Waals surface area contributed by atoms with E-state index in [1.165, 1.54) is 30.4 Å². The molecule has 2 saturated carbocycles. The molecular weight excluding hydrogens is 472 g/mol. The number of aromatic nitrogens is 2. The lowest BCUT2D eigenvalue weighted by Gasteiger charge is -2.43. The highest BCUT2D eigenvalue weighted by molar-refractivity contribution is 6.05. The van der Waals surface area contributed by atoms with E-state index in [1.54, 1.807) is 9.36 Å². The van der Waals surface area contributed by atoms with Crippen LogP contribution in [-0.4, -0.2) is 15.3 Å². The van der Waals surface area contributed by atoms with E-state index in [1.807, 2.05) is 50.4 Å². The zero-order valence-electron chi connectivity index (χ0n) is 21.7. The first kappa shape index (κ1) is 23.1. The van der Waals surface area contributed by atoms with Crippen molar-refractivity contribution in [1.82, 2.24) is 9.36 Å². The number of nitrogens with one attached hydrogen (secondary N) is 2. The minimum atomic E-state index is -0.247. The van der Waals surface area contributed by atoms with Crippen LogP contribution in [0.3, 0.4) is 0 Å². The van der Waals surface area contributed by atoms with Crippen LogP contribution in [0.25, 0.3) is 5.69 Å². The van der Waals surface area contributed by atoms with Gasteiger partial charge in [-0.15, -0.1) is 0 Å². The zero-order valence-corrected chi connectivity index (χ0v) is 21.7. The van der Waals surface area contributed by atoms with E-state index in [2.05, 4.69) is 53.1 Å². The van der Waals surface area contributed by atoms with Crippen molar-refractivity contribution in [2.45, 2.75) is 38.1 Å². The SMILES string of the molecule is Cc1c(NC(=O)c2ccc3c(c2)[C@@H]2[C@@H]4CC[C@@H](C4)[C@@H]2[C@@H](c2ccccc2)N3)c(=O)n(-c2ccccc2)n1C. The highest BCUT2D eigenvalue weighted by Crippen LogP contribution is 2.63.